The molecule has 4 nitrogen and oxygen atoms in total. The summed E-state index contributed by atoms with van der Waals surface area (Å²) >= 11 is 0. The Hall–Kier alpha value is -3.40. The Labute approximate surface area is 165 Å². The molecule has 0 heterocycles. The monoisotopic (exact) mass is 372 g/mol. The van der Waals surface area contributed by atoms with Crippen molar-refractivity contribution < 1.29 is 9.53 Å². The standard InChI is InChI=1S/C24H24N2O2/c1-17-9-14-23(15-18(17)2)28-16-24(27)26-25-19(3)20-10-12-22(13-11-20)21-7-5-4-6-8-21/h4-15H,16H2,1-3H3,(H,26,27)/b25-19+. The number of aryl methyl sites for hydroxylation is 2. The highest BCUT2D eigenvalue weighted by Gasteiger charge is 2.05. The molecule has 1 N–H and O–H groups in total. The second kappa shape index (κ2) is 9.00. The largest absolute Gasteiger partial charge is 0.484 e. The van der Waals surface area contributed by atoms with Crippen LogP contribution in [0, 0.1) is 13.8 Å². The molecule has 142 valence electrons. The van der Waals surface area contributed by atoms with E-state index in [1.54, 1.807) is 0 Å². The Morgan fingerprint density at radius 3 is 2.25 bits per heavy atom. The molecule has 0 saturated heterocycles. The molecule has 0 unspecified atom stereocenters. The molecule has 0 aliphatic heterocycles. The molecule has 0 fully saturated rings. The fraction of sp³-hybridized carbons (Fsp3) is 0.167. The summed E-state index contributed by atoms with van der Waals surface area (Å²) < 4.78 is 5.53. The summed E-state index contributed by atoms with van der Waals surface area (Å²) in [7, 11) is 0. The first-order valence-electron chi connectivity index (χ1n) is 9.22. The maximum absolute atomic E-state index is 12.0. The molecule has 3 aromatic carbocycles. The van der Waals surface area contributed by atoms with Crippen LogP contribution in [0.5, 0.6) is 5.75 Å². The van der Waals surface area contributed by atoms with Crippen LogP contribution in [0.3, 0.4) is 0 Å². The lowest BCUT2D eigenvalue weighted by Crippen LogP contribution is -2.25. The van der Waals surface area contributed by atoms with Gasteiger partial charge < -0.3 is 4.74 Å². The van der Waals surface area contributed by atoms with Gasteiger partial charge in [-0.2, -0.15) is 5.10 Å². The summed E-state index contributed by atoms with van der Waals surface area (Å²) in [5, 5.41) is 4.18. The number of carbonyl (C=O) groups is 1. The van der Waals surface area contributed by atoms with E-state index in [-0.39, 0.29) is 12.5 Å². The minimum atomic E-state index is -0.293. The number of nitrogens with zero attached hydrogens (tertiary/aromatic N) is 1. The van der Waals surface area contributed by atoms with Crippen molar-refractivity contribution in [2.45, 2.75) is 20.8 Å². The van der Waals surface area contributed by atoms with Crippen molar-refractivity contribution >= 4 is 11.6 Å². The topological polar surface area (TPSA) is 50.7 Å². The summed E-state index contributed by atoms with van der Waals surface area (Å²) in [6.45, 7) is 5.84. The molecule has 28 heavy (non-hydrogen) atoms. The number of carbonyl (C=O) groups excluding carboxylic acids is 1. The lowest BCUT2D eigenvalue weighted by Gasteiger charge is -2.08. The minimum absolute atomic E-state index is 0.0772. The third-order valence-electron chi connectivity index (χ3n) is 4.61. The molecule has 1 amide bonds. The third kappa shape index (κ3) is 5.07. The summed E-state index contributed by atoms with van der Waals surface area (Å²) in [5.74, 6) is 0.383. The van der Waals surface area contributed by atoms with Gasteiger partial charge in [0.2, 0.25) is 0 Å². The molecular weight excluding hydrogens is 348 g/mol. The van der Waals surface area contributed by atoms with Crippen molar-refractivity contribution in [2.24, 2.45) is 5.10 Å². The average Bonchev–Trinajstić information content (AvgIpc) is 2.73. The molecule has 0 aromatic heterocycles. The van der Waals surface area contributed by atoms with Gasteiger partial charge in [0.25, 0.3) is 5.91 Å². The Morgan fingerprint density at radius 1 is 0.893 bits per heavy atom. The predicted molar refractivity (Wildman–Crippen MR) is 114 cm³/mol. The number of ether oxygens (including phenoxy) is 1. The molecule has 0 atom stereocenters. The van der Waals surface area contributed by atoms with Gasteiger partial charge in [-0.15, -0.1) is 0 Å². The molecule has 3 aromatic rings. The zero-order valence-corrected chi connectivity index (χ0v) is 16.4. The van der Waals surface area contributed by atoms with Crippen molar-refractivity contribution in [1.82, 2.24) is 5.43 Å². The van der Waals surface area contributed by atoms with Crippen molar-refractivity contribution in [3.05, 3.63) is 89.5 Å². The number of benzene rings is 3. The molecular formula is C24H24N2O2. The van der Waals surface area contributed by atoms with Crippen LogP contribution < -0.4 is 10.2 Å². The Bertz CT molecular complexity index is 977. The summed E-state index contributed by atoms with van der Waals surface area (Å²) in [5.41, 5.74) is 8.87. The van der Waals surface area contributed by atoms with E-state index in [0.717, 1.165) is 22.4 Å². The van der Waals surface area contributed by atoms with E-state index in [1.165, 1.54) is 11.1 Å². The zero-order valence-electron chi connectivity index (χ0n) is 16.4. The quantitative estimate of drug-likeness (QED) is 0.495. The Kier molecular flexibility index (Phi) is 6.22. The van der Waals surface area contributed by atoms with E-state index >= 15 is 0 Å². The van der Waals surface area contributed by atoms with Gasteiger partial charge in [-0.3, -0.25) is 4.79 Å². The maximum atomic E-state index is 12.0. The molecule has 3 rings (SSSR count). The number of hydrazone groups is 1. The number of hydrogen-bond acceptors (Lipinski definition) is 3. The number of nitrogens with one attached hydrogen (secondary N) is 1. The summed E-state index contributed by atoms with van der Waals surface area (Å²) in [6, 6.07) is 24.0. The minimum Gasteiger partial charge on any atom is -0.484 e. The fourth-order valence-electron chi connectivity index (χ4n) is 2.73. The summed E-state index contributed by atoms with van der Waals surface area (Å²) in [4.78, 5) is 12.0. The van der Waals surface area contributed by atoms with Crippen molar-refractivity contribution in [1.29, 1.82) is 0 Å². The highest BCUT2D eigenvalue weighted by atomic mass is 16.5. The van der Waals surface area contributed by atoms with Gasteiger partial charge in [0.05, 0.1) is 5.71 Å². The van der Waals surface area contributed by atoms with Gasteiger partial charge >= 0.3 is 0 Å². The van der Waals surface area contributed by atoms with E-state index in [9.17, 15) is 4.79 Å². The third-order valence-corrected chi connectivity index (χ3v) is 4.61. The van der Waals surface area contributed by atoms with Crippen LogP contribution in [0.1, 0.15) is 23.6 Å². The van der Waals surface area contributed by atoms with Gasteiger partial charge in [-0.05, 0) is 60.7 Å². The second-order valence-electron chi connectivity index (χ2n) is 6.71. The molecule has 0 aliphatic carbocycles. The lowest BCUT2D eigenvalue weighted by atomic mass is 10.0. The van der Waals surface area contributed by atoms with Crippen molar-refractivity contribution in [3.8, 4) is 16.9 Å². The highest BCUT2D eigenvalue weighted by molar-refractivity contribution is 5.99. The SMILES string of the molecule is C/C(=N\NC(=O)COc1ccc(C)c(C)c1)c1ccc(-c2ccccc2)cc1. The maximum Gasteiger partial charge on any atom is 0.277 e. The number of hydrogen-bond donors (Lipinski definition) is 1. The van der Waals surface area contributed by atoms with Gasteiger partial charge in [0.15, 0.2) is 6.61 Å². The van der Waals surface area contributed by atoms with Crippen LogP contribution in [0.4, 0.5) is 0 Å². The van der Waals surface area contributed by atoms with Gasteiger partial charge in [-0.1, -0.05) is 60.7 Å². The molecule has 0 spiro atoms. The van der Waals surface area contributed by atoms with Crippen molar-refractivity contribution in [2.75, 3.05) is 6.61 Å². The van der Waals surface area contributed by atoms with Crippen LogP contribution >= 0.6 is 0 Å². The van der Waals surface area contributed by atoms with E-state index < -0.39 is 0 Å². The van der Waals surface area contributed by atoms with Crippen LogP contribution in [-0.2, 0) is 4.79 Å². The van der Waals surface area contributed by atoms with E-state index in [0.29, 0.717) is 5.75 Å². The number of amides is 1. The smallest absolute Gasteiger partial charge is 0.277 e. The van der Waals surface area contributed by atoms with E-state index in [2.05, 4.69) is 22.7 Å². The zero-order chi connectivity index (χ0) is 19.9. The van der Waals surface area contributed by atoms with Crippen LogP contribution in [-0.4, -0.2) is 18.2 Å². The molecule has 0 bridgehead atoms. The Balaban J connectivity index is 1.56. The lowest BCUT2D eigenvalue weighted by molar-refractivity contribution is -0.123. The van der Waals surface area contributed by atoms with Crippen LogP contribution in [0.15, 0.2) is 77.9 Å². The first-order chi connectivity index (χ1) is 13.5. The Morgan fingerprint density at radius 2 is 1.57 bits per heavy atom. The van der Waals surface area contributed by atoms with E-state index in [1.807, 2.05) is 81.4 Å². The van der Waals surface area contributed by atoms with Gasteiger partial charge in [0.1, 0.15) is 5.75 Å². The van der Waals surface area contributed by atoms with E-state index in [4.69, 9.17) is 4.74 Å². The van der Waals surface area contributed by atoms with Crippen LogP contribution in [0.25, 0.3) is 11.1 Å². The normalized spacial score (nSPS) is 11.2. The van der Waals surface area contributed by atoms with Crippen LogP contribution in [0.2, 0.25) is 0 Å². The first-order valence-corrected chi connectivity index (χ1v) is 9.22. The predicted octanol–water partition coefficient (Wildman–Crippen LogP) is 4.89. The molecule has 0 saturated carbocycles. The molecule has 0 aliphatic rings. The summed E-state index contributed by atoms with van der Waals surface area (Å²) in [6.07, 6.45) is 0. The molecule has 4 heteroatoms. The first kappa shape index (κ1) is 19.4. The van der Waals surface area contributed by atoms with Gasteiger partial charge in [0, 0.05) is 0 Å². The van der Waals surface area contributed by atoms with Crippen molar-refractivity contribution in [3.63, 3.8) is 0 Å². The second-order valence-corrected chi connectivity index (χ2v) is 6.71. The fourth-order valence-corrected chi connectivity index (χ4v) is 2.73. The molecule has 0 radical (unpaired) electrons. The number of rotatable bonds is 6. The van der Waals surface area contributed by atoms with Gasteiger partial charge in [-0.25, -0.2) is 5.43 Å². The average molecular weight is 372 g/mol. The highest BCUT2D eigenvalue weighted by Crippen LogP contribution is 2.19.